The van der Waals surface area contributed by atoms with Gasteiger partial charge in [-0.15, -0.1) is 0 Å². The SMILES string of the molecule is COC(=O)c1cccc(-c2cccc(C(=O)NC(C[Si](C)(C)C)C(=O)NC3(C#N)CC3)c2)c1. The number of carbonyl (C=O) groups excluding carboxylic acids is 3. The first-order valence-corrected chi connectivity index (χ1v) is 14.6. The van der Waals surface area contributed by atoms with E-state index in [0.717, 1.165) is 11.1 Å². The third kappa shape index (κ3) is 6.30. The van der Waals surface area contributed by atoms with Gasteiger partial charge >= 0.3 is 5.97 Å². The fraction of sp³-hybridized carbons (Fsp3) is 0.360. The van der Waals surface area contributed by atoms with E-state index in [0.29, 0.717) is 30.0 Å². The monoisotopic (exact) mass is 463 g/mol. The van der Waals surface area contributed by atoms with Gasteiger partial charge in [0.05, 0.1) is 18.7 Å². The van der Waals surface area contributed by atoms with E-state index < -0.39 is 25.6 Å². The molecule has 1 saturated carbocycles. The lowest BCUT2D eigenvalue weighted by Gasteiger charge is -2.26. The van der Waals surface area contributed by atoms with E-state index in [1.807, 2.05) is 12.1 Å². The van der Waals surface area contributed by atoms with Crippen LogP contribution in [0.4, 0.5) is 0 Å². The lowest BCUT2D eigenvalue weighted by Crippen LogP contribution is -2.52. The molecule has 1 aliphatic carbocycles. The normalized spacial score (nSPS) is 15.0. The van der Waals surface area contributed by atoms with Crippen LogP contribution >= 0.6 is 0 Å². The Bertz CT molecular complexity index is 1110. The van der Waals surface area contributed by atoms with E-state index in [1.165, 1.54) is 7.11 Å². The van der Waals surface area contributed by atoms with Gasteiger partial charge in [0.1, 0.15) is 11.6 Å². The largest absolute Gasteiger partial charge is 0.465 e. The molecule has 0 aromatic heterocycles. The predicted molar refractivity (Wildman–Crippen MR) is 128 cm³/mol. The van der Waals surface area contributed by atoms with Gasteiger partial charge in [0.25, 0.3) is 5.91 Å². The van der Waals surface area contributed by atoms with Crippen LogP contribution in [0.5, 0.6) is 0 Å². The van der Waals surface area contributed by atoms with Gasteiger partial charge < -0.3 is 15.4 Å². The molecule has 7 nitrogen and oxygen atoms in total. The molecule has 1 atom stereocenters. The number of rotatable bonds is 8. The quantitative estimate of drug-likeness (QED) is 0.458. The summed E-state index contributed by atoms with van der Waals surface area (Å²) in [5, 5.41) is 15.0. The number of nitrogens with one attached hydrogen (secondary N) is 2. The fourth-order valence-electron chi connectivity index (χ4n) is 3.56. The summed E-state index contributed by atoms with van der Waals surface area (Å²) < 4.78 is 4.78. The highest BCUT2D eigenvalue weighted by Crippen LogP contribution is 2.34. The van der Waals surface area contributed by atoms with Crippen LogP contribution in [0.15, 0.2) is 48.5 Å². The van der Waals surface area contributed by atoms with Crippen LogP contribution in [0, 0.1) is 11.3 Å². The summed E-state index contributed by atoms with van der Waals surface area (Å²) in [4.78, 5) is 37.9. The molecule has 1 fully saturated rings. The third-order valence-electron chi connectivity index (χ3n) is 5.51. The average molecular weight is 464 g/mol. The minimum Gasteiger partial charge on any atom is -0.465 e. The molecule has 0 heterocycles. The van der Waals surface area contributed by atoms with Crippen molar-refractivity contribution in [2.45, 2.75) is 50.1 Å². The number of hydrogen-bond donors (Lipinski definition) is 2. The highest BCUT2D eigenvalue weighted by atomic mass is 28.3. The summed E-state index contributed by atoms with van der Waals surface area (Å²) in [6, 6.07) is 16.0. The van der Waals surface area contributed by atoms with Crippen molar-refractivity contribution in [3.63, 3.8) is 0 Å². The number of ether oxygens (including phenoxy) is 1. The van der Waals surface area contributed by atoms with Gasteiger partial charge in [-0.2, -0.15) is 5.26 Å². The zero-order chi connectivity index (χ0) is 24.2. The van der Waals surface area contributed by atoms with E-state index in [9.17, 15) is 19.6 Å². The van der Waals surface area contributed by atoms with Gasteiger partial charge in [-0.1, -0.05) is 43.9 Å². The standard InChI is InChI=1S/C25H29N3O4Si/c1-32-24(31)20-10-6-8-18(14-20)17-7-5-9-19(13-17)22(29)27-21(15-33(2,3)4)23(30)28-25(16-26)11-12-25/h5-10,13-14,21H,11-12,15H2,1-4H3,(H,27,29)(H,28,30). The Morgan fingerprint density at radius 3 is 2.15 bits per heavy atom. The van der Waals surface area contributed by atoms with Crippen LogP contribution in [-0.4, -0.2) is 44.5 Å². The summed E-state index contributed by atoms with van der Waals surface area (Å²) in [5.41, 5.74) is 1.58. The maximum absolute atomic E-state index is 13.1. The van der Waals surface area contributed by atoms with Crippen molar-refractivity contribution in [3.8, 4) is 17.2 Å². The third-order valence-corrected chi connectivity index (χ3v) is 7.14. The first-order valence-electron chi connectivity index (χ1n) is 10.9. The van der Waals surface area contributed by atoms with Gasteiger partial charge in [0.15, 0.2) is 0 Å². The number of nitriles is 1. The van der Waals surface area contributed by atoms with Gasteiger partial charge in [-0.3, -0.25) is 9.59 Å². The van der Waals surface area contributed by atoms with Gasteiger partial charge in [0, 0.05) is 13.6 Å². The van der Waals surface area contributed by atoms with Crippen molar-refractivity contribution in [2.24, 2.45) is 0 Å². The topological polar surface area (TPSA) is 108 Å². The molecule has 2 N–H and O–H groups in total. The van der Waals surface area contributed by atoms with Crippen molar-refractivity contribution < 1.29 is 19.1 Å². The van der Waals surface area contributed by atoms with Crippen LogP contribution in [0.2, 0.25) is 25.7 Å². The van der Waals surface area contributed by atoms with E-state index in [1.54, 1.807) is 36.4 Å². The molecule has 8 heteroatoms. The Hall–Kier alpha value is -3.44. The molecule has 2 amide bonds. The fourth-order valence-corrected chi connectivity index (χ4v) is 5.07. The zero-order valence-corrected chi connectivity index (χ0v) is 20.4. The zero-order valence-electron chi connectivity index (χ0n) is 19.4. The number of esters is 1. The second-order valence-corrected chi connectivity index (χ2v) is 15.2. The highest BCUT2D eigenvalue weighted by Gasteiger charge is 2.46. The highest BCUT2D eigenvalue weighted by molar-refractivity contribution is 6.76. The van der Waals surface area contributed by atoms with Crippen LogP contribution in [-0.2, 0) is 9.53 Å². The van der Waals surface area contributed by atoms with Crippen molar-refractivity contribution >= 4 is 25.9 Å². The van der Waals surface area contributed by atoms with Crippen molar-refractivity contribution in [3.05, 3.63) is 59.7 Å². The van der Waals surface area contributed by atoms with Gasteiger partial charge in [0.2, 0.25) is 5.91 Å². The Labute approximate surface area is 195 Å². The first kappa shape index (κ1) is 24.2. The lowest BCUT2D eigenvalue weighted by molar-refractivity contribution is -0.123. The molecule has 1 aliphatic rings. The van der Waals surface area contributed by atoms with Crippen molar-refractivity contribution in [1.82, 2.24) is 10.6 Å². The van der Waals surface area contributed by atoms with Gasteiger partial charge in [-0.05, 0) is 54.3 Å². The van der Waals surface area contributed by atoms with E-state index in [2.05, 4.69) is 36.3 Å². The summed E-state index contributed by atoms with van der Waals surface area (Å²) in [6.45, 7) is 6.39. The van der Waals surface area contributed by atoms with Crippen LogP contribution in [0.3, 0.4) is 0 Å². The molecule has 0 radical (unpaired) electrons. The molecule has 2 aromatic rings. The lowest BCUT2D eigenvalue weighted by atomic mass is 10.0. The van der Waals surface area contributed by atoms with Crippen LogP contribution in [0.1, 0.15) is 33.6 Å². The number of carbonyl (C=O) groups is 3. The van der Waals surface area contributed by atoms with E-state index in [4.69, 9.17) is 4.74 Å². The molecule has 172 valence electrons. The number of methoxy groups -OCH3 is 1. The minimum absolute atomic E-state index is 0.313. The number of hydrogen-bond acceptors (Lipinski definition) is 5. The molecule has 0 saturated heterocycles. The summed E-state index contributed by atoms with van der Waals surface area (Å²) in [6.07, 6.45) is 1.27. The average Bonchev–Trinajstić information content (AvgIpc) is 3.57. The number of amides is 2. The molecule has 0 aliphatic heterocycles. The number of nitrogens with zero attached hydrogens (tertiary/aromatic N) is 1. The predicted octanol–water partition coefficient (Wildman–Crippen LogP) is 3.75. The van der Waals surface area contributed by atoms with Crippen LogP contribution in [0.25, 0.3) is 11.1 Å². The summed E-state index contributed by atoms with van der Waals surface area (Å²) in [7, 11) is -0.375. The molecule has 2 aromatic carbocycles. The summed E-state index contributed by atoms with van der Waals surface area (Å²) >= 11 is 0. The smallest absolute Gasteiger partial charge is 0.337 e. The maximum Gasteiger partial charge on any atom is 0.337 e. The first-order chi connectivity index (χ1) is 15.6. The Morgan fingerprint density at radius 2 is 1.64 bits per heavy atom. The second kappa shape index (κ2) is 9.59. The summed E-state index contributed by atoms with van der Waals surface area (Å²) in [5.74, 6) is -1.11. The van der Waals surface area contributed by atoms with Gasteiger partial charge in [-0.25, -0.2) is 4.79 Å². The van der Waals surface area contributed by atoms with E-state index >= 15 is 0 Å². The molecule has 1 unspecified atom stereocenters. The molecule has 3 rings (SSSR count). The molecular formula is C25H29N3O4Si. The maximum atomic E-state index is 13.1. The molecule has 33 heavy (non-hydrogen) atoms. The molecular weight excluding hydrogens is 434 g/mol. The minimum atomic E-state index is -1.70. The Kier molecular flexibility index (Phi) is 7.03. The van der Waals surface area contributed by atoms with E-state index in [-0.39, 0.29) is 11.8 Å². The van der Waals surface area contributed by atoms with Crippen molar-refractivity contribution in [1.29, 1.82) is 5.26 Å². The van der Waals surface area contributed by atoms with Crippen LogP contribution < -0.4 is 10.6 Å². The molecule has 0 bridgehead atoms. The van der Waals surface area contributed by atoms with Crippen molar-refractivity contribution in [2.75, 3.05) is 7.11 Å². The number of benzene rings is 2. The second-order valence-electron chi connectivity index (χ2n) is 9.63. The molecule has 0 spiro atoms. The Balaban J connectivity index is 1.81. The Morgan fingerprint density at radius 1 is 1.06 bits per heavy atom.